The molecule has 5 nitrogen and oxygen atoms in total. The van der Waals surface area contributed by atoms with Gasteiger partial charge in [0.2, 0.25) is 11.8 Å². The molecule has 6 heteroatoms. The van der Waals surface area contributed by atoms with E-state index in [0.29, 0.717) is 18.7 Å². The summed E-state index contributed by atoms with van der Waals surface area (Å²) in [5, 5.41) is 8.82. The molecule has 94 valence electrons. The van der Waals surface area contributed by atoms with Gasteiger partial charge in [-0.05, 0) is 13.8 Å². The highest BCUT2D eigenvalue weighted by Gasteiger charge is 2.15. The lowest BCUT2D eigenvalue weighted by molar-refractivity contribution is -0.133. The summed E-state index contributed by atoms with van der Waals surface area (Å²) < 4.78 is 0. The van der Waals surface area contributed by atoms with Crippen molar-refractivity contribution in [1.82, 2.24) is 4.90 Å². The number of carbonyl (C=O) groups is 2. The number of carbonyl (C=O) groups excluding carboxylic acids is 2. The maximum Gasteiger partial charge on any atom is 0.227 e. The Morgan fingerprint density at radius 2 is 2.06 bits per heavy atom. The molecule has 0 aromatic carbocycles. The Morgan fingerprint density at radius 3 is 2.50 bits per heavy atom. The molecular weight excluding hydrogens is 228 g/mol. The fourth-order valence-corrected chi connectivity index (χ4v) is 1.92. The molecule has 3 N–H and O–H groups in total. The minimum absolute atomic E-state index is 0.000945. The second kappa shape index (κ2) is 8.41. The predicted octanol–water partition coefficient (Wildman–Crippen LogP) is -0.176. The fraction of sp³-hybridized carbons (Fsp3) is 0.800. The van der Waals surface area contributed by atoms with Crippen LogP contribution in [0.25, 0.3) is 0 Å². The maximum atomic E-state index is 11.7. The molecule has 0 saturated carbocycles. The van der Waals surface area contributed by atoms with Crippen LogP contribution in [0.4, 0.5) is 0 Å². The smallest absolute Gasteiger partial charge is 0.227 e. The van der Waals surface area contributed by atoms with E-state index in [9.17, 15) is 9.59 Å². The number of thioether (sulfide) groups is 1. The topological polar surface area (TPSA) is 83.6 Å². The van der Waals surface area contributed by atoms with Gasteiger partial charge in [0.1, 0.15) is 0 Å². The van der Waals surface area contributed by atoms with E-state index in [1.165, 1.54) is 11.8 Å². The van der Waals surface area contributed by atoms with Crippen molar-refractivity contribution in [3.63, 3.8) is 0 Å². The van der Waals surface area contributed by atoms with Crippen LogP contribution in [0, 0.1) is 0 Å². The van der Waals surface area contributed by atoms with Crippen molar-refractivity contribution in [1.29, 1.82) is 0 Å². The number of aliphatic hydroxyl groups is 1. The molecule has 0 saturated heterocycles. The van der Waals surface area contributed by atoms with E-state index >= 15 is 0 Å². The molecule has 0 aliphatic carbocycles. The zero-order valence-corrected chi connectivity index (χ0v) is 10.6. The van der Waals surface area contributed by atoms with Crippen molar-refractivity contribution in [2.75, 3.05) is 24.7 Å². The molecule has 0 spiro atoms. The molecule has 0 aromatic heterocycles. The first-order chi connectivity index (χ1) is 7.49. The first-order valence-corrected chi connectivity index (χ1v) is 6.41. The number of hydrogen-bond donors (Lipinski definition) is 2. The van der Waals surface area contributed by atoms with Gasteiger partial charge < -0.3 is 15.7 Å². The van der Waals surface area contributed by atoms with Gasteiger partial charge in [0.05, 0.1) is 12.4 Å². The van der Waals surface area contributed by atoms with Crippen LogP contribution in [0.3, 0.4) is 0 Å². The summed E-state index contributed by atoms with van der Waals surface area (Å²) in [6, 6.07) is 0.0841. The van der Waals surface area contributed by atoms with Crippen molar-refractivity contribution in [2.45, 2.75) is 26.3 Å². The Morgan fingerprint density at radius 1 is 1.44 bits per heavy atom. The van der Waals surface area contributed by atoms with Gasteiger partial charge in [-0.15, -0.1) is 0 Å². The summed E-state index contributed by atoms with van der Waals surface area (Å²) in [7, 11) is 0. The van der Waals surface area contributed by atoms with Gasteiger partial charge in [0.25, 0.3) is 0 Å². The van der Waals surface area contributed by atoms with Crippen LogP contribution in [-0.2, 0) is 9.59 Å². The van der Waals surface area contributed by atoms with Crippen LogP contribution in [0.5, 0.6) is 0 Å². The van der Waals surface area contributed by atoms with Crippen molar-refractivity contribution >= 4 is 23.6 Å². The van der Waals surface area contributed by atoms with Crippen LogP contribution in [0.2, 0.25) is 0 Å². The molecule has 0 fully saturated rings. The minimum atomic E-state index is -0.367. The quantitative estimate of drug-likeness (QED) is 0.584. The van der Waals surface area contributed by atoms with Crippen molar-refractivity contribution in [3.05, 3.63) is 0 Å². The molecule has 0 unspecified atom stereocenters. The Balaban J connectivity index is 3.87. The Labute approximate surface area is 100 Å². The molecule has 16 heavy (non-hydrogen) atoms. The standard InChI is InChI=1S/C10H20N2O3S/c1-8(2)12(4-5-13)10(15)3-6-16-7-9(11)14/h8,13H,3-7H2,1-2H3,(H2,11,14). The fourth-order valence-electron chi connectivity index (χ4n) is 1.25. The molecule has 0 heterocycles. The number of nitrogens with two attached hydrogens (primary N) is 1. The van der Waals surface area contributed by atoms with E-state index < -0.39 is 0 Å². The normalized spacial score (nSPS) is 10.5. The Bertz CT molecular complexity index is 234. The Kier molecular flexibility index (Phi) is 8.01. The summed E-state index contributed by atoms with van der Waals surface area (Å²) in [6.45, 7) is 4.14. The number of primary amides is 1. The van der Waals surface area contributed by atoms with Crippen LogP contribution in [-0.4, -0.2) is 52.5 Å². The average molecular weight is 248 g/mol. The van der Waals surface area contributed by atoms with E-state index in [1.807, 2.05) is 13.8 Å². The van der Waals surface area contributed by atoms with Crippen LogP contribution in [0.1, 0.15) is 20.3 Å². The van der Waals surface area contributed by atoms with E-state index in [-0.39, 0.29) is 30.2 Å². The monoisotopic (exact) mass is 248 g/mol. The summed E-state index contributed by atoms with van der Waals surface area (Å²) in [5.74, 6) is 0.459. The SMILES string of the molecule is CC(C)N(CCO)C(=O)CCSCC(N)=O. The van der Waals surface area contributed by atoms with Crippen LogP contribution >= 0.6 is 11.8 Å². The molecule has 0 bridgehead atoms. The molecule has 0 aliphatic rings. The minimum Gasteiger partial charge on any atom is -0.395 e. The summed E-state index contributed by atoms with van der Waals surface area (Å²) >= 11 is 1.35. The maximum absolute atomic E-state index is 11.7. The third-order valence-corrected chi connectivity index (χ3v) is 2.97. The van der Waals surface area contributed by atoms with Gasteiger partial charge >= 0.3 is 0 Å². The zero-order valence-electron chi connectivity index (χ0n) is 9.81. The van der Waals surface area contributed by atoms with E-state index in [0.717, 1.165) is 0 Å². The first-order valence-electron chi connectivity index (χ1n) is 5.25. The number of amides is 2. The van der Waals surface area contributed by atoms with Gasteiger partial charge in [-0.3, -0.25) is 9.59 Å². The Hall–Kier alpha value is -0.750. The largest absolute Gasteiger partial charge is 0.395 e. The predicted molar refractivity (Wildman–Crippen MR) is 65.1 cm³/mol. The lowest BCUT2D eigenvalue weighted by Crippen LogP contribution is -2.39. The highest BCUT2D eigenvalue weighted by molar-refractivity contribution is 7.99. The number of nitrogens with zero attached hydrogens (tertiary/aromatic N) is 1. The summed E-state index contributed by atoms with van der Waals surface area (Å²) in [5.41, 5.74) is 4.98. The lowest BCUT2D eigenvalue weighted by Gasteiger charge is -2.25. The second-order valence-corrected chi connectivity index (χ2v) is 4.78. The van der Waals surface area contributed by atoms with Crippen molar-refractivity contribution < 1.29 is 14.7 Å². The van der Waals surface area contributed by atoms with Crippen LogP contribution in [0.15, 0.2) is 0 Å². The molecule has 0 atom stereocenters. The van der Waals surface area contributed by atoms with E-state index in [1.54, 1.807) is 4.90 Å². The van der Waals surface area contributed by atoms with Gasteiger partial charge in [-0.2, -0.15) is 11.8 Å². The molecular formula is C10H20N2O3S. The first kappa shape index (κ1) is 15.2. The third-order valence-electron chi connectivity index (χ3n) is 1.99. The van der Waals surface area contributed by atoms with E-state index in [4.69, 9.17) is 10.8 Å². The molecule has 0 radical (unpaired) electrons. The van der Waals surface area contributed by atoms with Crippen molar-refractivity contribution in [3.8, 4) is 0 Å². The highest BCUT2D eigenvalue weighted by atomic mass is 32.2. The molecule has 0 aromatic rings. The van der Waals surface area contributed by atoms with Gasteiger partial charge in [0.15, 0.2) is 0 Å². The summed E-state index contributed by atoms with van der Waals surface area (Å²) in [6.07, 6.45) is 0.371. The van der Waals surface area contributed by atoms with Gasteiger partial charge in [-0.25, -0.2) is 0 Å². The molecule has 0 aliphatic heterocycles. The molecule has 0 rings (SSSR count). The third kappa shape index (κ3) is 6.68. The number of rotatable bonds is 8. The lowest BCUT2D eigenvalue weighted by atomic mass is 10.3. The highest BCUT2D eigenvalue weighted by Crippen LogP contribution is 2.06. The number of hydrogen-bond acceptors (Lipinski definition) is 4. The second-order valence-electron chi connectivity index (χ2n) is 3.67. The van der Waals surface area contributed by atoms with Gasteiger partial charge in [-0.1, -0.05) is 0 Å². The number of aliphatic hydroxyl groups excluding tert-OH is 1. The van der Waals surface area contributed by atoms with Crippen molar-refractivity contribution in [2.24, 2.45) is 5.73 Å². The average Bonchev–Trinajstić information content (AvgIpc) is 2.19. The summed E-state index contributed by atoms with van der Waals surface area (Å²) in [4.78, 5) is 23.8. The van der Waals surface area contributed by atoms with Gasteiger partial charge in [0, 0.05) is 24.8 Å². The van der Waals surface area contributed by atoms with Crippen LogP contribution < -0.4 is 5.73 Å². The zero-order chi connectivity index (χ0) is 12.6. The van der Waals surface area contributed by atoms with E-state index in [2.05, 4.69) is 0 Å². The molecule has 2 amide bonds.